The molecule has 1 unspecified atom stereocenters. The minimum Gasteiger partial charge on any atom is -0.443 e. The summed E-state index contributed by atoms with van der Waals surface area (Å²) >= 11 is 7.34. The molecular formula is C13H15ClN6O3S. The maximum absolute atomic E-state index is 11.4. The normalized spacial score (nSPS) is 21.0. The summed E-state index contributed by atoms with van der Waals surface area (Å²) in [5, 5.41) is 15.4. The first-order valence-electron chi connectivity index (χ1n) is 7.24. The zero-order valence-corrected chi connectivity index (χ0v) is 14.4. The van der Waals surface area contributed by atoms with Gasteiger partial charge in [-0.3, -0.25) is 9.98 Å². The van der Waals surface area contributed by atoms with Crippen LogP contribution in [0.3, 0.4) is 0 Å². The molecule has 9 nitrogen and oxygen atoms in total. The van der Waals surface area contributed by atoms with Gasteiger partial charge in [-0.2, -0.15) is 5.43 Å². The van der Waals surface area contributed by atoms with Gasteiger partial charge < -0.3 is 19.4 Å². The number of thioether (sulfide) groups is 1. The number of hydrogen-bond donors (Lipinski definition) is 1. The maximum Gasteiger partial charge on any atom is 0.430 e. The van der Waals surface area contributed by atoms with Crippen molar-refractivity contribution in [3.63, 3.8) is 0 Å². The second-order valence-corrected chi connectivity index (χ2v) is 7.07. The van der Waals surface area contributed by atoms with Gasteiger partial charge in [-0.05, 0) is 17.9 Å². The largest absolute Gasteiger partial charge is 0.443 e. The van der Waals surface area contributed by atoms with E-state index in [1.807, 2.05) is 4.90 Å². The summed E-state index contributed by atoms with van der Waals surface area (Å²) in [7, 11) is 0. The fourth-order valence-corrected chi connectivity index (χ4v) is 3.65. The van der Waals surface area contributed by atoms with E-state index in [4.69, 9.17) is 16.0 Å². The highest BCUT2D eigenvalue weighted by Crippen LogP contribution is 2.25. The van der Waals surface area contributed by atoms with Gasteiger partial charge in [-0.1, -0.05) is 23.4 Å². The second-order valence-electron chi connectivity index (χ2n) is 5.20. The van der Waals surface area contributed by atoms with Crippen molar-refractivity contribution in [2.24, 2.45) is 15.1 Å². The van der Waals surface area contributed by atoms with E-state index in [1.54, 1.807) is 19.1 Å². The Morgan fingerprint density at radius 1 is 1.62 bits per heavy atom. The van der Waals surface area contributed by atoms with Crippen LogP contribution in [-0.4, -0.2) is 57.4 Å². The number of nitrogens with one attached hydrogen (secondary N) is 1. The monoisotopic (exact) mass is 370 g/mol. The molecule has 2 aliphatic rings. The number of nitrogens with zero attached hydrogens (tertiary/aromatic N) is 5. The lowest BCUT2D eigenvalue weighted by Gasteiger charge is -2.20. The lowest BCUT2D eigenvalue weighted by atomic mass is 10.3. The van der Waals surface area contributed by atoms with Crippen molar-refractivity contribution in [3.8, 4) is 0 Å². The van der Waals surface area contributed by atoms with Gasteiger partial charge in [0.15, 0.2) is 4.50 Å². The summed E-state index contributed by atoms with van der Waals surface area (Å²) in [6.45, 7) is 4.06. The molecule has 128 valence electrons. The molecule has 0 fully saturated rings. The number of hydrogen-bond acceptors (Lipinski definition) is 9. The van der Waals surface area contributed by atoms with Crippen molar-refractivity contribution in [2.45, 2.75) is 12.2 Å². The fraction of sp³-hybridized carbons (Fsp3) is 0.462. The quantitative estimate of drug-likeness (QED) is 0.367. The van der Waals surface area contributed by atoms with Crippen LogP contribution in [0.4, 0.5) is 5.88 Å². The van der Waals surface area contributed by atoms with Crippen LogP contribution >= 0.6 is 23.4 Å². The SMILES string of the molecule is Cc1ccc(NN=C(C2=NCCN2CC2CN=C(Cl)S2)[N+](=O)[O-])o1. The van der Waals surface area contributed by atoms with Crippen molar-refractivity contribution in [3.05, 3.63) is 28.0 Å². The van der Waals surface area contributed by atoms with Crippen LogP contribution < -0.4 is 5.43 Å². The lowest BCUT2D eigenvalue weighted by molar-refractivity contribution is -0.346. The van der Waals surface area contributed by atoms with Crippen molar-refractivity contribution in [2.75, 3.05) is 31.6 Å². The van der Waals surface area contributed by atoms with Crippen LogP contribution in [0.1, 0.15) is 5.76 Å². The Bertz CT molecular complexity index is 731. The molecule has 0 bridgehead atoms. The van der Waals surface area contributed by atoms with E-state index in [2.05, 4.69) is 20.5 Å². The summed E-state index contributed by atoms with van der Waals surface area (Å²) in [5.74, 6) is 0.949. The molecule has 0 spiro atoms. The highest BCUT2D eigenvalue weighted by molar-refractivity contribution is 8.17. The third-order valence-electron chi connectivity index (χ3n) is 3.42. The Morgan fingerprint density at radius 3 is 3.08 bits per heavy atom. The number of aliphatic imine (C=N–C) groups is 2. The topological polar surface area (TPSA) is 109 Å². The molecular weight excluding hydrogens is 356 g/mol. The first-order chi connectivity index (χ1) is 11.5. The predicted octanol–water partition coefficient (Wildman–Crippen LogP) is 2.01. The number of aryl methyl sites for hydroxylation is 1. The Morgan fingerprint density at radius 2 is 2.46 bits per heavy atom. The van der Waals surface area contributed by atoms with E-state index < -0.39 is 4.92 Å². The van der Waals surface area contributed by atoms with Gasteiger partial charge in [0.1, 0.15) is 5.76 Å². The van der Waals surface area contributed by atoms with Crippen molar-refractivity contribution in [1.29, 1.82) is 0 Å². The zero-order valence-electron chi connectivity index (χ0n) is 12.8. The Hall–Kier alpha value is -2.07. The van der Waals surface area contributed by atoms with Gasteiger partial charge in [0.2, 0.25) is 11.7 Å². The van der Waals surface area contributed by atoms with Crippen LogP contribution in [0.25, 0.3) is 0 Å². The van der Waals surface area contributed by atoms with E-state index in [1.165, 1.54) is 11.8 Å². The lowest BCUT2D eigenvalue weighted by Crippen LogP contribution is -2.41. The molecule has 1 N–H and O–H groups in total. The zero-order chi connectivity index (χ0) is 17.1. The molecule has 24 heavy (non-hydrogen) atoms. The van der Waals surface area contributed by atoms with Gasteiger partial charge in [0, 0.05) is 24.4 Å². The number of anilines is 1. The third kappa shape index (κ3) is 3.88. The van der Waals surface area contributed by atoms with Gasteiger partial charge in [0.05, 0.1) is 18.2 Å². The smallest absolute Gasteiger partial charge is 0.430 e. The molecule has 0 saturated carbocycles. The maximum atomic E-state index is 11.4. The number of furan rings is 1. The number of rotatable bonds is 5. The van der Waals surface area contributed by atoms with Crippen LogP contribution in [0.15, 0.2) is 31.6 Å². The molecule has 0 radical (unpaired) electrons. The Labute approximate surface area is 147 Å². The average molecular weight is 371 g/mol. The molecule has 0 aromatic carbocycles. The summed E-state index contributed by atoms with van der Waals surface area (Å²) in [4.78, 5) is 21.1. The van der Waals surface area contributed by atoms with Crippen LogP contribution in [0.2, 0.25) is 0 Å². The summed E-state index contributed by atoms with van der Waals surface area (Å²) in [6.07, 6.45) is 0. The minimum atomic E-state index is -0.550. The highest BCUT2D eigenvalue weighted by Gasteiger charge is 2.33. The summed E-state index contributed by atoms with van der Waals surface area (Å²) in [5.41, 5.74) is 2.57. The van der Waals surface area contributed by atoms with Gasteiger partial charge in [-0.25, -0.2) is 0 Å². The van der Waals surface area contributed by atoms with Crippen LogP contribution in [0, 0.1) is 17.0 Å². The number of halogens is 1. The Kier molecular flexibility index (Phi) is 5.05. The summed E-state index contributed by atoms with van der Waals surface area (Å²) < 4.78 is 5.82. The number of amidine groups is 2. The first-order valence-corrected chi connectivity index (χ1v) is 8.49. The minimum absolute atomic E-state index is 0.162. The molecule has 11 heteroatoms. The van der Waals surface area contributed by atoms with E-state index in [0.717, 1.165) is 0 Å². The molecule has 1 aromatic heterocycles. The molecule has 3 rings (SSSR count). The number of hydrazone groups is 1. The third-order valence-corrected chi connectivity index (χ3v) is 4.77. The van der Waals surface area contributed by atoms with Crippen LogP contribution in [0.5, 0.6) is 0 Å². The van der Waals surface area contributed by atoms with Gasteiger partial charge in [0.25, 0.3) is 0 Å². The molecule has 2 aliphatic heterocycles. The van der Waals surface area contributed by atoms with E-state index in [9.17, 15) is 10.1 Å². The van der Waals surface area contributed by atoms with Gasteiger partial charge >= 0.3 is 5.84 Å². The van der Waals surface area contributed by atoms with Crippen LogP contribution in [-0.2, 0) is 0 Å². The molecule has 3 heterocycles. The van der Waals surface area contributed by atoms with Crippen molar-refractivity contribution < 1.29 is 9.34 Å². The average Bonchev–Trinajstić information content (AvgIpc) is 3.23. The van der Waals surface area contributed by atoms with E-state index in [0.29, 0.717) is 42.3 Å². The second kappa shape index (κ2) is 7.22. The Balaban J connectivity index is 1.71. The van der Waals surface area contributed by atoms with E-state index in [-0.39, 0.29) is 16.9 Å². The molecule has 0 saturated heterocycles. The first kappa shape index (κ1) is 16.8. The highest BCUT2D eigenvalue weighted by atomic mass is 35.5. The fourth-order valence-electron chi connectivity index (χ4n) is 2.37. The molecule has 1 atom stereocenters. The van der Waals surface area contributed by atoms with Crippen molar-refractivity contribution in [1.82, 2.24) is 4.90 Å². The standard InChI is InChI=1S/C13H15ClN6O3S/c1-8-2-3-10(23-8)17-18-12(20(21)22)11-15-4-5-19(11)7-9-6-16-13(14)24-9/h2-3,9,17H,4-7H2,1H3. The molecule has 0 amide bonds. The van der Waals surface area contributed by atoms with Crippen molar-refractivity contribution >= 4 is 45.4 Å². The predicted molar refractivity (Wildman–Crippen MR) is 94.9 cm³/mol. The number of nitro groups is 1. The van der Waals surface area contributed by atoms with E-state index >= 15 is 0 Å². The summed E-state index contributed by atoms with van der Waals surface area (Å²) in [6, 6.07) is 3.39. The molecule has 1 aromatic rings. The molecule has 0 aliphatic carbocycles. The van der Waals surface area contributed by atoms with Gasteiger partial charge in [-0.15, -0.1) is 0 Å².